The number of hydrogen-bond donors (Lipinski definition) is 0. The highest BCUT2D eigenvalue weighted by atomic mass is 19.1. The molecule has 20 heavy (non-hydrogen) atoms. The van der Waals surface area contributed by atoms with Crippen molar-refractivity contribution in [3.05, 3.63) is 72.7 Å². The molecule has 0 atom stereocenters. The fourth-order valence-corrected chi connectivity index (χ4v) is 1.82. The number of aromatic nitrogens is 3. The molecular formula is C15H12FN3O. The second-order valence-electron chi connectivity index (χ2n) is 4.15. The summed E-state index contributed by atoms with van der Waals surface area (Å²) < 4.78 is 20.3. The van der Waals surface area contributed by atoms with Crippen molar-refractivity contribution in [1.82, 2.24) is 14.5 Å². The Labute approximate surface area is 115 Å². The summed E-state index contributed by atoms with van der Waals surface area (Å²) in [4.78, 5) is 8.26. The highest BCUT2D eigenvalue weighted by molar-refractivity contribution is 5.25. The van der Waals surface area contributed by atoms with Gasteiger partial charge in [0.05, 0.1) is 6.20 Å². The molecule has 0 fully saturated rings. The first-order chi connectivity index (χ1) is 9.83. The third kappa shape index (κ3) is 2.66. The molecule has 2 heterocycles. The van der Waals surface area contributed by atoms with Crippen molar-refractivity contribution in [2.75, 3.05) is 0 Å². The molecule has 0 saturated carbocycles. The molecule has 0 aliphatic rings. The summed E-state index contributed by atoms with van der Waals surface area (Å²) in [5, 5.41) is 0. The smallest absolute Gasteiger partial charge is 0.152 e. The molecule has 5 heteroatoms. The summed E-state index contributed by atoms with van der Waals surface area (Å²) in [5.41, 5.74) is 0. The van der Waals surface area contributed by atoms with Crippen LogP contribution in [-0.4, -0.2) is 14.5 Å². The van der Waals surface area contributed by atoms with Gasteiger partial charge in [-0.15, -0.1) is 0 Å². The Kier molecular flexibility index (Phi) is 3.41. The summed E-state index contributed by atoms with van der Waals surface area (Å²) in [5.74, 6) is 1.72. The van der Waals surface area contributed by atoms with Crippen molar-refractivity contribution in [2.24, 2.45) is 0 Å². The van der Waals surface area contributed by atoms with E-state index in [2.05, 4.69) is 9.97 Å². The maximum Gasteiger partial charge on any atom is 0.152 e. The number of hydrogen-bond acceptors (Lipinski definition) is 3. The van der Waals surface area contributed by atoms with E-state index in [4.69, 9.17) is 4.74 Å². The minimum atomic E-state index is -0.365. The fraction of sp³-hybridized carbons (Fsp3) is 0.0667. The first kappa shape index (κ1) is 12.3. The van der Waals surface area contributed by atoms with Crippen molar-refractivity contribution in [3.63, 3.8) is 0 Å². The average Bonchev–Trinajstić information content (AvgIpc) is 2.95. The van der Waals surface area contributed by atoms with Crippen LogP contribution in [0.25, 0.3) is 5.82 Å². The molecule has 0 unspecified atom stereocenters. The van der Waals surface area contributed by atoms with Crippen molar-refractivity contribution in [2.45, 2.75) is 6.61 Å². The van der Waals surface area contributed by atoms with Gasteiger partial charge in [-0.1, -0.05) is 18.2 Å². The SMILES string of the molecule is Fc1ccc(-n2ccnc2COc2ccccc2)nc1. The average molecular weight is 269 g/mol. The fourth-order valence-electron chi connectivity index (χ4n) is 1.82. The topological polar surface area (TPSA) is 39.9 Å². The Morgan fingerprint density at radius 1 is 1.05 bits per heavy atom. The van der Waals surface area contributed by atoms with E-state index >= 15 is 0 Å². The van der Waals surface area contributed by atoms with Crippen molar-refractivity contribution >= 4 is 0 Å². The lowest BCUT2D eigenvalue weighted by Gasteiger charge is -2.08. The van der Waals surface area contributed by atoms with Gasteiger partial charge in [0.15, 0.2) is 5.82 Å². The van der Waals surface area contributed by atoms with Crippen LogP contribution in [0, 0.1) is 5.82 Å². The molecule has 0 amide bonds. The summed E-state index contributed by atoms with van der Waals surface area (Å²) in [6.07, 6.45) is 4.61. The first-order valence-corrected chi connectivity index (χ1v) is 6.15. The van der Waals surface area contributed by atoms with E-state index in [-0.39, 0.29) is 5.82 Å². The number of rotatable bonds is 4. The Morgan fingerprint density at radius 3 is 2.65 bits per heavy atom. The molecule has 100 valence electrons. The Balaban J connectivity index is 1.78. The van der Waals surface area contributed by atoms with E-state index in [1.165, 1.54) is 12.3 Å². The normalized spacial score (nSPS) is 10.4. The molecule has 0 aliphatic carbocycles. The minimum absolute atomic E-state index is 0.316. The number of ether oxygens (including phenoxy) is 1. The number of para-hydroxylation sites is 1. The second kappa shape index (κ2) is 5.52. The lowest BCUT2D eigenvalue weighted by Crippen LogP contribution is -2.06. The molecule has 0 spiro atoms. The number of benzene rings is 1. The van der Waals surface area contributed by atoms with Gasteiger partial charge in [-0.05, 0) is 24.3 Å². The Hall–Kier alpha value is -2.69. The van der Waals surface area contributed by atoms with Gasteiger partial charge in [-0.25, -0.2) is 14.4 Å². The first-order valence-electron chi connectivity index (χ1n) is 6.15. The van der Waals surface area contributed by atoms with Gasteiger partial charge >= 0.3 is 0 Å². The Bertz CT molecular complexity index is 680. The standard InChI is InChI=1S/C15H12FN3O/c16-12-6-7-14(18-10-12)19-9-8-17-15(19)11-20-13-4-2-1-3-5-13/h1-10H,11H2. The number of halogens is 1. The van der Waals surface area contributed by atoms with Gasteiger partial charge in [0.1, 0.15) is 24.0 Å². The summed E-state index contributed by atoms with van der Waals surface area (Å²) in [6.45, 7) is 0.316. The molecule has 3 rings (SSSR count). The third-order valence-electron chi connectivity index (χ3n) is 2.79. The minimum Gasteiger partial charge on any atom is -0.486 e. The zero-order valence-electron chi connectivity index (χ0n) is 10.6. The molecule has 3 aromatic rings. The van der Waals surface area contributed by atoms with E-state index in [9.17, 15) is 4.39 Å². The number of imidazole rings is 1. The van der Waals surface area contributed by atoms with Gasteiger partial charge in [0, 0.05) is 12.4 Å². The molecule has 0 bridgehead atoms. The van der Waals surface area contributed by atoms with Crippen LogP contribution in [0.4, 0.5) is 4.39 Å². The van der Waals surface area contributed by atoms with Crippen LogP contribution >= 0.6 is 0 Å². The predicted octanol–water partition coefficient (Wildman–Crippen LogP) is 2.99. The van der Waals surface area contributed by atoms with Gasteiger partial charge in [0.2, 0.25) is 0 Å². The highest BCUT2D eigenvalue weighted by Gasteiger charge is 2.07. The number of pyridine rings is 1. The highest BCUT2D eigenvalue weighted by Crippen LogP contribution is 2.13. The maximum absolute atomic E-state index is 12.9. The van der Waals surface area contributed by atoms with Gasteiger partial charge in [0.25, 0.3) is 0 Å². The van der Waals surface area contributed by atoms with E-state index in [0.717, 1.165) is 5.75 Å². The lowest BCUT2D eigenvalue weighted by molar-refractivity contribution is 0.294. The van der Waals surface area contributed by atoms with Gasteiger partial charge < -0.3 is 4.74 Å². The molecule has 0 radical (unpaired) electrons. The molecule has 0 N–H and O–H groups in total. The van der Waals surface area contributed by atoms with Crippen LogP contribution in [-0.2, 0) is 6.61 Å². The zero-order valence-corrected chi connectivity index (χ0v) is 10.6. The summed E-state index contributed by atoms with van der Waals surface area (Å²) in [6, 6.07) is 12.5. The quantitative estimate of drug-likeness (QED) is 0.731. The van der Waals surface area contributed by atoms with E-state index in [0.29, 0.717) is 18.2 Å². The monoisotopic (exact) mass is 269 g/mol. The van der Waals surface area contributed by atoms with E-state index in [1.54, 1.807) is 23.0 Å². The van der Waals surface area contributed by atoms with Gasteiger partial charge in [-0.3, -0.25) is 4.57 Å². The van der Waals surface area contributed by atoms with Crippen molar-refractivity contribution < 1.29 is 9.13 Å². The largest absolute Gasteiger partial charge is 0.486 e. The van der Waals surface area contributed by atoms with E-state index in [1.807, 2.05) is 30.3 Å². The van der Waals surface area contributed by atoms with Crippen LogP contribution in [0.5, 0.6) is 5.75 Å². The molecular weight excluding hydrogens is 257 g/mol. The summed E-state index contributed by atoms with van der Waals surface area (Å²) in [7, 11) is 0. The summed E-state index contributed by atoms with van der Waals surface area (Å²) >= 11 is 0. The van der Waals surface area contributed by atoms with Crippen molar-refractivity contribution in [1.29, 1.82) is 0 Å². The molecule has 0 aliphatic heterocycles. The molecule has 4 nitrogen and oxygen atoms in total. The predicted molar refractivity (Wildman–Crippen MR) is 72.1 cm³/mol. The van der Waals surface area contributed by atoms with Crippen LogP contribution in [0.15, 0.2) is 61.1 Å². The molecule has 0 saturated heterocycles. The molecule has 1 aromatic carbocycles. The van der Waals surface area contributed by atoms with Gasteiger partial charge in [-0.2, -0.15) is 0 Å². The van der Waals surface area contributed by atoms with Crippen LogP contribution in [0.2, 0.25) is 0 Å². The number of nitrogens with zero attached hydrogens (tertiary/aromatic N) is 3. The Morgan fingerprint density at radius 2 is 1.90 bits per heavy atom. The lowest BCUT2D eigenvalue weighted by atomic mass is 10.3. The third-order valence-corrected chi connectivity index (χ3v) is 2.79. The van der Waals surface area contributed by atoms with Crippen LogP contribution in [0.1, 0.15) is 5.82 Å². The maximum atomic E-state index is 12.9. The zero-order chi connectivity index (χ0) is 13.8. The van der Waals surface area contributed by atoms with E-state index < -0.39 is 0 Å². The van der Waals surface area contributed by atoms with Crippen LogP contribution < -0.4 is 4.74 Å². The molecule has 2 aromatic heterocycles. The van der Waals surface area contributed by atoms with Crippen molar-refractivity contribution in [3.8, 4) is 11.6 Å². The van der Waals surface area contributed by atoms with Crippen LogP contribution in [0.3, 0.4) is 0 Å². The second-order valence-corrected chi connectivity index (χ2v) is 4.15.